The van der Waals surface area contributed by atoms with Crippen molar-refractivity contribution in [2.75, 3.05) is 20.8 Å². The molecule has 1 aromatic carbocycles. The van der Waals surface area contributed by atoms with E-state index in [1.54, 1.807) is 27.3 Å². The third-order valence-corrected chi connectivity index (χ3v) is 3.70. The number of pyridine rings is 1. The molecule has 0 saturated heterocycles. The summed E-state index contributed by atoms with van der Waals surface area (Å²) < 4.78 is 15.7. The van der Waals surface area contributed by atoms with Gasteiger partial charge in [0.1, 0.15) is 5.75 Å². The van der Waals surface area contributed by atoms with Gasteiger partial charge in [-0.2, -0.15) is 0 Å². The maximum absolute atomic E-state index is 12.2. The van der Waals surface area contributed by atoms with Crippen LogP contribution in [-0.4, -0.2) is 36.8 Å². The largest absolute Gasteiger partial charge is 0.497 e. The molecular weight excluding hydrogens is 296 g/mol. The molecule has 0 fully saturated rings. The third-order valence-electron chi connectivity index (χ3n) is 3.70. The molecule has 0 spiro atoms. The Bertz CT molecular complexity index is 870. The summed E-state index contributed by atoms with van der Waals surface area (Å²) in [6, 6.07) is 5.75. The first kappa shape index (κ1) is 15.3. The number of benzene rings is 1. The summed E-state index contributed by atoms with van der Waals surface area (Å²) in [4.78, 5) is 19.8. The molecule has 0 aliphatic heterocycles. The summed E-state index contributed by atoms with van der Waals surface area (Å²) in [6.07, 6.45) is 1.65. The molecule has 3 rings (SSSR count). The topological polar surface area (TPSA) is 73.4 Å². The maximum atomic E-state index is 12.2. The number of ether oxygens (including phenoxy) is 3. The predicted octanol–water partition coefficient (Wildman–Crippen LogP) is 3.05. The van der Waals surface area contributed by atoms with Crippen LogP contribution in [-0.2, 0) is 16.1 Å². The van der Waals surface area contributed by atoms with Gasteiger partial charge in [0.25, 0.3) is 0 Å². The van der Waals surface area contributed by atoms with Crippen LogP contribution in [0.5, 0.6) is 5.75 Å². The van der Waals surface area contributed by atoms with E-state index in [-0.39, 0.29) is 12.3 Å². The number of rotatable bonds is 5. The Morgan fingerprint density at radius 2 is 2.09 bits per heavy atom. The van der Waals surface area contributed by atoms with Crippen LogP contribution in [0.15, 0.2) is 24.4 Å². The normalized spacial score (nSPS) is 11.1. The van der Waals surface area contributed by atoms with E-state index < -0.39 is 5.97 Å². The Kier molecular flexibility index (Phi) is 4.16. The third kappa shape index (κ3) is 2.61. The van der Waals surface area contributed by atoms with Gasteiger partial charge in [-0.15, -0.1) is 0 Å². The van der Waals surface area contributed by atoms with Crippen molar-refractivity contribution in [1.82, 2.24) is 9.97 Å². The van der Waals surface area contributed by atoms with Crippen LogP contribution in [0.25, 0.3) is 21.8 Å². The van der Waals surface area contributed by atoms with Crippen molar-refractivity contribution in [2.45, 2.75) is 13.5 Å². The zero-order valence-electron chi connectivity index (χ0n) is 13.3. The van der Waals surface area contributed by atoms with Gasteiger partial charge >= 0.3 is 5.97 Å². The van der Waals surface area contributed by atoms with E-state index in [0.29, 0.717) is 12.2 Å². The van der Waals surface area contributed by atoms with Gasteiger partial charge in [-0.3, -0.25) is 0 Å². The van der Waals surface area contributed by atoms with Gasteiger partial charge in [0.15, 0.2) is 5.69 Å². The molecule has 1 N–H and O–H groups in total. The molecule has 6 heteroatoms. The van der Waals surface area contributed by atoms with Crippen molar-refractivity contribution < 1.29 is 19.0 Å². The average Bonchev–Trinajstić information content (AvgIpc) is 2.93. The van der Waals surface area contributed by atoms with Crippen molar-refractivity contribution in [3.63, 3.8) is 0 Å². The second-order valence-electron chi connectivity index (χ2n) is 5.06. The van der Waals surface area contributed by atoms with Crippen LogP contribution < -0.4 is 4.74 Å². The van der Waals surface area contributed by atoms with Gasteiger partial charge in [-0.1, -0.05) is 0 Å². The van der Waals surface area contributed by atoms with E-state index >= 15 is 0 Å². The summed E-state index contributed by atoms with van der Waals surface area (Å²) in [5.41, 5.74) is 2.78. The molecule has 6 nitrogen and oxygen atoms in total. The standard InChI is InChI=1S/C17H18N2O4/c1-4-23-17(20)16-12(9-21-2)15-11-7-10(22-3)5-6-13(11)19-14(15)8-18-16/h5-8,19H,4,9H2,1-3H3. The zero-order chi connectivity index (χ0) is 16.4. The molecule has 3 aromatic rings. The Labute approximate surface area is 133 Å². The van der Waals surface area contributed by atoms with E-state index in [0.717, 1.165) is 27.6 Å². The Morgan fingerprint density at radius 1 is 1.26 bits per heavy atom. The first-order valence-electron chi connectivity index (χ1n) is 7.33. The second kappa shape index (κ2) is 6.26. The highest BCUT2D eigenvalue weighted by Crippen LogP contribution is 2.32. The number of carbonyl (C=O) groups is 1. The van der Waals surface area contributed by atoms with Gasteiger partial charge in [0.2, 0.25) is 0 Å². The Hall–Kier alpha value is -2.60. The molecule has 2 heterocycles. The van der Waals surface area contributed by atoms with Crippen LogP contribution in [0.2, 0.25) is 0 Å². The van der Waals surface area contributed by atoms with Crippen molar-refractivity contribution in [2.24, 2.45) is 0 Å². The minimum Gasteiger partial charge on any atom is -0.497 e. The number of hydrogen-bond acceptors (Lipinski definition) is 5. The Balaban J connectivity index is 2.32. The molecule has 0 bridgehead atoms. The molecule has 0 unspecified atom stereocenters. The van der Waals surface area contributed by atoms with E-state index in [1.807, 2.05) is 18.2 Å². The smallest absolute Gasteiger partial charge is 0.357 e. The number of carbonyl (C=O) groups excluding carboxylic acids is 1. The number of hydrogen-bond donors (Lipinski definition) is 1. The van der Waals surface area contributed by atoms with Crippen LogP contribution in [0, 0.1) is 0 Å². The second-order valence-corrected chi connectivity index (χ2v) is 5.06. The fourth-order valence-electron chi connectivity index (χ4n) is 2.73. The molecule has 0 amide bonds. The molecule has 0 radical (unpaired) electrons. The summed E-state index contributed by atoms with van der Waals surface area (Å²) in [5.74, 6) is 0.301. The van der Waals surface area contributed by atoms with Gasteiger partial charge in [0, 0.05) is 29.0 Å². The fourth-order valence-corrected chi connectivity index (χ4v) is 2.73. The minimum atomic E-state index is -0.446. The zero-order valence-corrected chi connectivity index (χ0v) is 13.3. The average molecular weight is 314 g/mol. The van der Waals surface area contributed by atoms with Crippen molar-refractivity contribution in [3.8, 4) is 5.75 Å². The van der Waals surface area contributed by atoms with Crippen molar-refractivity contribution in [1.29, 1.82) is 0 Å². The molecule has 0 atom stereocenters. The van der Waals surface area contributed by atoms with Crippen LogP contribution in [0.1, 0.15) is 23.0 Å². The van der Waals surface area contributed by atoms with E-state index in [1.165, 1.54) is 0 Å². The lowest BCUT2D eigenvalue weighted by Crippen LogP contribution is -2.11. The quantitative estimate of drug-likeness (QED) is 0.733. The van der Waals surface area contributed by atoms with Crippen molar-refractivity contribution >= 4 is 27.8 Å². The molecule has 0 saturated carbocycles. The van der Waals surface area contributed by atoms with Crippen LogP contribution >= 0.6 is 0 Å². The number of H-pyrrole nitrogens is 1. The van der Waals surface area contributed by atoms with Crippen LogP contribution in [0.3, 0.4) is 0 Å². The number of esters is 1. The maximum Gasteiger partial charge on any atom is 0.357 e. The first-order valence-corrected chi connectivity index (χ1v) is 7.33. The van der Waals surface area contributed by atoms with Crippen LogP contribution in [0.4, 0.5) is 0 Å². The summed E-state index contributed by atoms with van der Waals surface area (Å²) in [5, 5.41) is 1.86. The SMILES string of the molecule is CCOC(=O)c1ncc2[nH]c3ccc(OC)cc3c2c1COC. The lowest BCUT2D eigenvalue weighted by atomic mass is 10.1. The summed E-state index contributed by atoms with van der Waals surface area (Å²) in [7, 11) is 3.21. The number of nitrogens with one attached hydrogen (secondary N) is 1. The first-order chi connectivity index (χ1) is 11.2. The molecule has 2 aromatic heterocycles. The minimum absolute atomic E-state index is 0.267. The highest BCUT2D eigenvalue weighted by atomic mass is 16.5. The molecular formula is C17H18N2O4. The lowest BCUT2D eigenvalue weighted by Gasteiger charge is -2.09. The van der Waals surface area contributed by atoms with Crippen molar-refractivity contribution in [3.05, 3.63) is 35.7 Å². The van der Waals surface area contributed by atoms with E-state index in [2.05, 4.69) is 9.97 Å². The van der Waals surface area contributed by atoms with Gasteiger partial charge in [-0.25, -0.2) is 9.78 Å². The number of aromatic amines is 1. The summed E-state index contributed by atoms with van der Waals surface area (Å²) in [6.45, 7) is 2.33. The number of fused-ring (bicyclic) bond motifs is 3. The molecule has 120 valence electrons. The monoisotopic (exact) mass is 314 g/mol. The summed E-state index contributed by atoms with van der Waals surface area (Å²) >= 11 is 0. The highest BCUT2D eigenvalue weighted by Gasteiger charge is 2.20. The number of aromatic nitrogens is 2. The fraction of sp³-hybridized carbons (Fsp3) is 0.294. The molecule has 23 heavy (non-hydrogen) atoms. The Morgan fingerprint density at radius 3 is 2.78 bits per heavy atom. The number of methoxy groups -OCH3 is 2. The van der Waals surface area contributed by atoms with Gasteiger partial charge in [-0.05, 0) is 25.1 Å². The molecule has 0 aliphatic carbocycles. The lowest BCUT2D eigenvalue weighted by molar-refractivity contribution is 0.0514. The van der Waals surface area contributed by atoms with Gasteiger partial charge < -0.3 is 19.2 Å². The predicted molar refractivity (Wildman–Crippen MR) is 86.8 cm³/mol. The number of nitrogens with zero attached hydrogens (tertiary/aromatic N) is 1. The van der Waals surface area contributed by atoms with E-state index in [9.17, 15) is 4.79 Å². The molecule has 0 aliphatic rings. The highest BCUT2D eigenvalue weighted by molar-refractivity contribution is 6.11. The van der Waals surface area contributed by atoms with Gasteiger partial charge in [0.05, 0.1) is 32.0 Å². The van der Waals surface area contributed by atoms with E-state index in [4.69, 9.17) is 14.2 Å².